The number of ether oxygens (including phenoxy) is 1. The molecule has 0 aliphatic heterocycles. The number of rotatable bonds is 3. The molecule has 5 nitrogen and oxygen atoms in total. The molecule has 0 N–H and O–H groups in total. The summed E-state index contributed by atoms with van der Waals surface area (Å²) in [6.07, 6.45) is 1.06. The van der Waals surface area contributed by atoms with Gasteiger partial charge in [0.2, 0.25) is 5.89 Å². The molecule has 2 rings (SSSR count). The van der Waals surface area contributed by atoms with Gasteiger partial charge in [-0.3, -0.25) is 0 Å². The van der Waals surface area contributed by atoms with Crippen molar-refractivity contribution in [1.29, 1.82) is 0 Å². The lowest BCUT2D eigenvalue weighted by atomic mass is 10.3. The van der Waals surface area contributed by atoms with Crippen molar-refractivity contribution in [1.82, 2.24) is 10.2 Å². The van der Waals surface area contributed by atoms with Crippen molar-refractivity contribution in [2.24, 2.45) is 5.92 Å². The molecule has 2 atom stereocenters. The number of hydrogen-bond donors (Lipinski definition) is 0. The highest BCUT2D eigenvalue weighted by atomic mass is 16.5. The Bertz CT molecular complexity index is 348. The van der Waals surface area contributed by atoms with Crippen molar-refractivity contribution < 1.29 is 13.9 Å². The molecule has 1 aromatic heterocycles. The van der Waals surface area contributed by atoms with Crippen LogP contribution in [0.15, 0.2) is 4.42 Å². The first kappa shape index (κ1) is 9.18. The first-order chi connectivity index (χ1) is 6.72. The van der Waals surface area contributed by atoms with E-state index in [1.54, 1.807) is 6.92 Å². The molecular weight excluding hydrogens is 184 g/mol. The highest BCUT2D eigenvalue weighted by Crippen LogP contribution is 2.46. The van der Waals surface area contributed by atoms with Gasteiger partial charge in [0.05, 0.1) is 6.61 Å². The predicted molar refractivity (Wildman–Crippen MR) is 46.8 cm³/mol. The van der Waals surface area contributed by atoms with Gasteiger partial charge < -0.3 is 9.15 Å². The molecule has 1 aromatic rings. The number of hydrogen-bond acceptors (Lipinski definition) is 5. The Morgan fingerprint density at radius 2 is 2.36 bits per heavy atom. The Kier molecular flexibility index (Phi) is 2.23. The van der Waals surface area contributed by atoms with Gasteiger partial charge in [-0.2, -0.15) is 0 Å². The molecule has 0 radical (unpaired) electrons. The zero-order valence-corrected chi connectivity index (χ0v) is 8.19. The van der Waals surface area contributed by atoms with Gasteiger partial charge in [0.15, 0.2) is 0 Å². The molecule has 1 fully saturated rings. The van der Waals surface area contributed by atoms with E-state index < -0.39 is 5.97 Å². The van der Waals surface area contributed by atoms with E-state index in [0.29, 0.717) is 24.3 Å². The van der Waals surface area contributed by atoms with Gasteiger partial charge in [-0.25, -0.2) is 4.79 Å². The molecule has 14 heavy (non-hydrogen) atoms. The third kappa shape index (κ3) is 1.62. The molecule has 0 bridgehead atoms. The zero-order chi connectivity index (χ0) is 10.1. The molecular formula is C9H12N2O3. The van der Waals surface area contributed by atoms with E-state index in [-0.39, 0.29) is 5.89 Å². The van der Waals surface area contributed by atoms with Crippen LogP contribution in [0, 0.1) is 5.92 Å². The van der Waals surface area contributed by atoms with Gasteiger partial charge in [-0.1, -0.05) is 6.92 Å². The summed E-state index contributed by atoms with van der Waals surface area (Å²) in [6, 6.07) is 0. The predicted octanol–water partition coefficient (Wildman–Crippen LogP) is 1.37. The van der Waals surface area contributed by atoms with Crippen LogP contribution in [0.25, 0.3) is 0 Å². The van der Waals surface area contributed by atoms with Crippen molar-refractivity contribution in [2.45, 2.75) is 26.2 Å². The Morgan fingerprint density at radius 3 is 2.93 bits per heavy atom. The molecule has 1 heterocycles. The Hall–Kier alpha value is -1.39. The molecule has 5 heteroatoms. The maximum absolute atomic E-state index is 11.2. The first-order valence-corrected chi connectivity index (χ1v) is 4.73. The van der Waals surface area contributed by atoms with Crippen molar-refractivity contribution in [3.05, 3.63) is 11.8 Å². The minimum atomic E-state index is -0.542. The standard InChI is InChI=1S/C9H12N2O3/c1-3-13-9(12)8-11-10-7(14-8)6-4-5(6)2/h5-6H,3-4H2,1-2H3. The molecule has 0 aromatic carbocycles. The minimum absolute atomic E-state index is 0.0408. The number of carbonyl (C=O) groups is 1. The van der Waals surface area contributed by atoms with E-state index in [1.165, 1.54) is 0 Å². The summed E-state index contributed by atoms with van der Waals surface area (Å²) in [5.74, 6) is 0.900. The molecule has 1 aliphatic carbocycles. The maximum atomic E-state index is 11.2. The number of nitrogens with zero attached hydrogens (tertiary/aromatic N) is 2. The summed E-state index contributed by atoms with van der Waals surface area (Å²) < 4.78 is 9.93. The van der Waals surface area contributed by atoms with Crippen LogP contribution < -0.4 is 0 Å². The summed E-state index contributed by atoms with van der Waals surface area (Å²) in [7, 11) is 0. The maximum Gasteiger partial charge on any atom is 0.396 e. The van der Waals surface area contributed by atoms with Crippen LogP contribution >= 0.6 is 0 Å². The second-order valence-corrected chi connectivity index (χ2v) is 3.49. The van der Waals surface area contributed by atoms with Gasteiger partial charge in [0.25, 0.3) is 0 Å². The van der Waals surface area contributed by atoms with Crippen molar-refractivity contribution >= 4 is 5.97 Å². The van der Waals surface area contributed by atoms with Crippen molar-refractivity contribution in [2.75, 3.05) is 6.61 Å². The fourth-order valence-corrected chi connectivity index (χ4v) is 1.33. The zero-order valence-electron chi connectivity index (χ0n) is 8.19. The summed E-state index contributed by atoms with van der Waals surface area (Å²) in [5.41, 5.74) is 0. The number of aromatic nitrogens is 2. The fraction of sp³-hybridized carbons (Fsp3) is 0.667. The van der Waals surface area contributed by atoms with Gasteiger partial charge in [-0.15, -0.1) is 10.2 Å². The van der Waals surface area contributed by atoms with Crippen molar-refractivity contribution in [3.63, 3.8) is 0 Å². The number of esters is 1. The largest absolute Gasteiger partial charge is 0.459 e. The average molecular weight is 196 g/mol. The molecule has 0 saturated heterocycles. The third-order valence-electron chi connectivity index (χ3n) is 2.32. The van der Waals surface area contributed by atoms with Crippen LogP contribution in [0.4, 0.5) is 0 Å². The summed E-state index contributed by atoms with van der Waals surface area (Å²) in [4.78, 5) is 11.2. The summed E-state index contributed by atoms with van der Waals surface area (Å²) in [5, 5.41) is 7.45. The third-order valence-corrected chi connectivity index (χ3v) is 2.32. The quantitative estimate of drug-likeness (QED) is 0.683. The lowest BCUT2D eigenvalue weighted by molar-refractivity contribution is 0.0478. The van der Waals surface area contributed by atoms with Crippen LogP contribution in [0.1, 0.15) is 42.8 Å². The highest BCUT2D eigenvalue weighted by molar-refractivity contribution is 5.83. The van der Waals surface area contributed by atoms with E-state index in [9.17, 15) is 4.79 Å². The van der Waals surface area contributed by atoms with E-state index in [0.717, 1.165) is 6.42 Å². The summed E-state index contributed by atoms with van der Waals surface area (Å²) in [6.45, 7) is 4.16. The molecule has 1 saturated carbocycles. The van der Waals surface area contributed by atoms with E-state index in [2.05, 4.69) is 17.1 Å². The van der Waals surface area contributed by atoms with Gasteiger partial charge in [0.1, 0.15) is 0 Å². The Labute approximate surface area is 81.5 Å². The molecule has 0 amide bonds. The monoisotopic (exact) mass is 196 g/mol. The summed E-state index contributed by atoms with van der Waals surface area (Å²) >= 11 is 0. The molecule has 76 valence electrons. The second-order valence-electron chi connectivity index (χ2n) is 3.49. The SMILES string of the molecule is CCOC(=O)c1nnc(C2CC2C)o1. The van der Waals surface area contributed by atoms with Crippen LogP contribution in [0.5, 0.6) is 0 Å². The highest BCUT2D eigenvalue weighted by Gasteiger charge is 2.39. The van der Waals surface area contributed by atoms with E-state index in [4.69, 9.17) is 9.15 Å². The lowest BCUT2D eigenvalue weighted by Crippen LogP contribution is -2.04. The average Bonchev–Trinajstić information content (AvgIpc) is 2.70. The van der Waals surface area contributed by atoms with Crippen molar-refractivity contribution in [3.8, 4) is 0 Å². The van der Waals surface area contributed by atoms with Crippen LogP contribution in [-0.2, 0) is 4.74 Å². The number of carbonyl (C=O) groups excluding carboxylic acids is 1. The molecule has 2 unspecified atom stereocenters. The smallest absolute Gasteiger partial charge is 0.396 e. The Balaban J connectivity index is 2.06. The van der Waals surface area contributed by atoms with E-state index in [1.807, 2.05) is 0 Å². The fourth-order valence-electron chi connectivity index (χ4n) is 1.33. The Morgan fingerprint density at radius 1 is 1.64 bits per heavy atom. The topological polar surface area (TPSA) is 65.2 Å². The van der Waals surface area contributed by atoms with Crippen LogP contribution in [-0.4, -0.2) is 22.8 Å². The van der Waals surface area contributed by atoms with Gasteiger partial charge in [0, 0.05) is 5.92 Å². The van der Waals surface area contributed by atoms with E-state index >= 15 is 0 Å². The molecule has 1 aliphatic rings. The molecule has 0 spiro atoms. The minimum Gasteiger partial charge on any atom is -0.459 e. The van der Waals surface area contributed by atoms with Crippen LogP contribution in [0.3, 0.4) is 0 Å². The first-order valence-electron chi connectivity index (χ1n) is 4.73. The van der Waals surface area contributed by atoms with Gasteiger partial charge >= 0.3 is 11.9 Å². The second kappa shape index (κ2) is 3.40. The lowest BCUT2D eigenvalue weighted by Gasteiger charge is -1.94. The van der Waals surface area contributed by atoms with Crippen LogP contribution in [0.2, 0.25) is 0 Å². The normalized spacial score (nSPS) is 24.7. The van der Waals surface area contributed by atoms with Gasteiger partial charge in [-0.05, 0) is 19.3 Å².